The van der Waals surface area contributed by atoms with Crippen LogP contribution in [0.2, 0.25) is 0 Å². The summed E-state index contributed by atoms with van der Waals surface area (Å²) in [4.78, 5) is 34.8. The first-order valence-electron chi connectivity index (χ1n) is 9.62. The van der Waals surface area contributed by atoms with Crippen LogP contribution in [0.1, 0.15) is 29.3 Å². The lowest BCUT2D eigenvalue weighted by atomic mass is 10.2. The Hall–Kier alpha value is -2.12. The highest BCUT2D eigenvalue weighted by Gasteiger charge is 2.30. The topological polar surface area (TPSA) is 55.2 Å². The third-order valence-corrected chi connectivity index (χ3v) is 8.01. The van der Waals surface area contributed by atoms with Gasteiger partial charge in [-0.3, -0.25) is 14.2 Å². The number of rotatable bonds is 3. The second-order valence-electron chi connectivity index (χ2n) is 7.42. The Labute approximate surface area is 171 Å². The molecular formula is C21H21N3O2S2. The molecule has 0 spiro atoms. The normalized spacial score (nSPS) is 16.4. The van der Waals surface area contributed by atoms with Crippen LogP contribution in [0.15, 0.2) is 34.2 Å². The number of fused-ring (bicyclic) bond motifs is 4. The summed E-state index contributed by atoms with van der Waals surface area (Å²) < 4.78 is 1.61. The molecule has 1 aromatic carbocycles. The predicted molar refractivity (Wildman–Crippen MR) is 115 cm³/mol. The standard InChI is InChI=1S/C21H21N3O2S2/c1-12(19(25)24-11-10-13-6-3-4-8-15(13)24)27-21-22-18-17(20(26)23(21)2)14-7-5-9-16(14)28-18/h3-4,6,8,12H,5,7,9-11H2,1-2H3. The highest BCUT2D eigenvalue weighted by Crippen LogP contribution is 2.36. The highest BCUT2D eigenvalue weighted by atomic mass is 32.2. The number of carbonyl (C=O) groups excluding carboxylic acids is 1. The Morgan fingerprint density at radius 2 is 2.07 bits per heavy atom. The number of thioether (sulfide) groups is 1. The summed E-state index contributed by atoms with van der Waals surface area (Å²) >= 11 is 3.02. The number of hydrogen-bond acceptors (Lipinski definition) is 5. The van der Waals surface area contributed by atoms with Crippen molar-refractivity contribution in [2.45, 2.75) is 43.0 Å². The first-order valence-corrected chi connectivity index (χ1v) is 11.3. The van der Waals surface area contributed by atoms with Gasteiger partial charge in [0.05, 0.1) is 10.6 Å². The van der Waals surface area contributed by atoms with Gasteiger partial charge >= 0.3 is 0 Å². The van der Waals surface area contributed by atoms with Crippen molar-refractivity contribution in [3.8, 4) is 0 Å². The van der Waals surface area contributed by atoms with E-state index >= 15 is 0 Å². The molecule has 1 aliphatic carbocycles. The van der Waals surface area contributed by atoms with Gasteiger partial charge in [0, 0.05) is 24.2 Å². The van der Waals surface area contributed by atoms with Crippen molar-refractivity contribution in [2.24, 2.45) is 7.05 Å². The van der Waals surface area contributed by atoms with Gasteiger partial charge in [-0.05, 0) is 49.8 Å². The molecule has 0 fully saturated rings. The monoisotopic (exact) mass is 411 g/mol. The fraction of sp³-hybridized carbons (Fsp3) is 0.381. The Morgan fingerprint density at radius 1 is 1.25 bits per heavy atom. The number of anilines is 1. The van der Waals surface area contributed by atoms with Crippen molar-refractivity contribution in [3.05, 3.63) is 50.6 Å². The van der Waals surface area contributed by atoms with E-state index in [1.165, 1.54) is 27.8 Å². The van der Waals surface area contributed by atoms with E-state index in [1.54, 1.807) is 23.0 Å². The van der Waals surface area contributed by atoms with Gasteiger partial charge in [0.15, 0.2) is 5.16 Å². The second-order valence-corrected chi connectivity index (χ2v) is 9.82. The third kappa shape index (κ3) is 2.71. The molecule has 1 unspecified atom stereocenters. The minimum Gasteiger partial charge on any atom is -0.311 e. The fourth-order valence-corrected chi connectivity index (χ4v) is 6.45. The minimum atomic E-state index is -0.312. The molecule has 0 bridgehead atoms. The number of amides is 1. The molecule has 3 aromatic rings. The summed E-state index contributed by atoms with van der Waals surface area (Å²) in [5, 5.41) is 1.09. The molecule has 1 atom stereocenters. The fourth-order valence-electron chi connectivity index (χ4n) is 4.21. The average molecular weight is 412 g/mol. The van der Waals surface area contributed by atoms with Crippen LogP contribution in [0, 0.1) is 0 Å². The first kappa shape index (κ1) is 17.9. The van der Waals surface area contributed by atoms with Gasteiger partial charge in [-0.15, -0.1) is 11.3 Å². The average Bonchev–Trinajstić information content (AvgIpc) is 3.39. The number of thiophene rings is 1. The van der Waals surface area contributed by atoms with E-state index in [9.17, 15) is 9.59 Å². The maximum Gasteiger partial charge on any atom is 0.262 e. The maximum atomic E-state index is 13.1. The molecule has 1 aliphatic heterocycles. The second kappa shape index (κ2) is 6.74. The molecule has 2 aromatic heterocycles. The smallest absolute Gasteiger partial charge is 0.262 e. The molecule has 28 heavy (non-hydrogen) atoms. The summed E-state index contributed by atoms with van der Waals surface area (Å²) in [5.41, 5.74) is 3.43. The van der Waals surface area contributed by atoms with Gasteiger partial charge in [-0.1, -0.05) is 30.0 Å². The largest absolute Gasteiger partial charge is 0.311 e. The Kier molecular flexibility index (Phi) is 4.32. The molecule has 5 rings (SSSR count). The first-order chi connectivity index (χ1) is 13.5. The molecule has 0 saturated carbocycles. The van der Waals surface area contributed by atoms with Gasteiger partial charge in [0.2, 0.25) is 5.91 Å². The third-order valence-electron chi connectivity index (χ3n) is 5.69. The van der Waals surface area contributed by atoms with Crippen LogP contribution < -0.4 is 10.5 Å². The predicted octanol–water partition coefficient (Wildman–Crippen LogP) is 3.55. The van der Waals surface area contributed by atoms with Crippen molar-refractivity contribution in [1.82, 2.24) is 9.55 Å². The van der Waals surface area contributed by atoms with Crippen LogP contribution in [0.5, 0.6) is 0 Å². The zero-order valence-electron chi connectivity index (χ0n) is 15.9. The van der Waals surface area contributed by atoms with E-state index < -0.39 is 0 Å². The van der Waals surface area contributed by atoms with E-state index in [1.807, 2.05) is 30.0 Å². The molecular weight excluding hydrogens is 390 g/mol. The Bertz CT molecular complexity index is 1160. The number of aryl methyl sites for hydroxylation is 2. The number of nitrogens with zero attached hydrogens (tertiary/aromatic N) is 3. The van der Waals surface area contributed by atoms with Gasteiger partial charge in [-0.2, -0.15) is 0 Å². The lowest BCUT2D eigenvalue weighted by molar-refractivity contribution is -0.117. The van der Waals surface area contributed by atoms with Crippen LogP contribution in [0.25, 0.3) is 10.2 Å². The van der Waals surface area contributed by atoms with Crippen molar-refractivity contribution >= 4 is 44.9 Å². The lowest BCUT2D eigenvalue weighted by Gasteiger charge is -2.21. The molecule has 0 N–H and O–H groups in total. The van der Waals surface area contributed by atoms with Crippen LogP contribution in [0.4, 0.5) is 5.69 Å². The SMILES string of the molecule is CC(Sc1nc2sc3c(c2c(=O)n1C)CCC3)C(=O)N1CCc2ccccc21. The number of aromatic nitrogens is 2. The molecule has 3 heterocycles. The Balaban J connectivity index is 1.45. The molecule has 0 saturated heterocycles. The van der Waals surface area contributed by atoms with E-state index in [0.29, 0.717) is 11.7 Å². The molecule has 5 nitrogen and oxygen atoms in total. The van der Waals surface area contributed by atoms with Crippen LogP contribution in [0.3, 0.4) is 0 Å². The van der Waals surface area contributed by atoms with Gasteiger partial charge in [0.25, 0.3) is 5.56 Å². The van der Waals surface area contributed by atoms with Crippen molar-refractivity contribution < 1.29 is 4.79 Å². The lowest BCUT2D eigenvalue weighted by Crippen LogP contribution is -2.35. The summed E-state index contributed by atoms with van der Waals surface area (Å²) in [6, 6.07) is 8.07. The highest BCUT2D eigenvalue weighted by molar-refractivity contribution is 8.00. The zero-order valence-corrected chi connectivity index (χ0v) is 17.5. The van der Waals surface area contributed by atoms with Gasteiger partial charge in [-0.25, -0.2) is 4.98 Å². The number of para-hydroxylation sites is 1. The number of hydrogen-bond donors (Lipinski definition) is 0. The minimum absolute atomic E-state index is 0.0121. The zero-order chi connectivity index (χ0) is 19.4. The maximum absolute atomic E-state index is 13.1. The molecule has 2 aliphatic rings. The van der Waals surface area contributed by atoms with E-state index in [4.69, 9.17) is 4.98 Å². The molecule has 144 valence electrons. The van der Waals surface area contributed by atoms with Crippen molar-refractivity contribution in [3.63, 3.8) is 0 Å². The number of carbonyl (C=O) groups is 1. The summed E-state index contributed by atoms with van der Waals surface area (Å²) in [7, 11) is 1.76. The van der Waals surface area contributed by atoms with E-state index in [2.05, 4.69) is 6.07 Å². The molecule has 7 heteroatoms. The quantitative estimate of drug-likeness (QED) is 0.489. The van der Waals surface area contributed by atoms with E-state index in [-0.39, 0.29) is 16.7 Å². The summed E-state index contributed by atoms with van der Waals surface area (Å²) in [5.74, 6) is 0.0676. The van der Waals surface area contributed by atoms with Crippen LogP contribution >= 0.6 is 23.1 Å². The van der Waals surface area contributed by atoms with Crippen molar-refractivity contribution in [1.29, 1.82) is 0 Å². The van der Waals surface area contributed by atoms with Gasteiger partial charge in [0.1, 0.15) is 4.83 Å². The van der Waals surface area contributed by atoms with Crippen LogP contribution in [-0.2, 0) is 31.1 Å². The summed E-state index contributed by atoms with van der Waals surface area (Å²) in [6.07, 6.45) is 4.04. The van der Waals surface area contributed by atoms with Crippen molar-refractivity contribution in [2.75, 3.05) is 11.4 Å². The molecule has 0 radical (unpaired) electrons. The Morgan fingerprint density at radius 3 is 2.93 bits per heavy atom. The van der Waals surface area contributed by atoms with Crippen LogP contribution in [-0.4, -0.2) is 27.3 Å². The molecule has 1 amide bonds. The van der Waals surface area contributed by atoms with Gasteiger partial charge < -0.3 is 4.90 Å². The summed E-state index contributed by atoms with van der Waals surface area (Å²) in [6.45, 7) is 2.62. The van der Waals surface area contributed by atoms with E-state index in [0.717, 1.165) is 41.6 Å². The number of benzene rings is 1.